The molecule has 10 heteroatoms. The highest BCUT2D eigenvalue weighted by Crippen LogP contribution is 2.40. The second kappa shape index (κ2) is 13.0. The van der Waals surface area contributed by atoms with Crippen molar-refractivity contribution in [3.63, 3.8) is 0 Å². The summed E-state index contributed by atoms with van der Waals surface area (Å²) in [6.07, 6.45) is 12.1. The lowest BCUT2D eigenvalue weighted by Gasteiger charge is -2.14. The molecule has 0 aliphatic heterocycles. The molecule has 4 aromatic carbocycles. The van der Waals surface area contributed by atoms with Crippen LogP contribution in [-0.4, -0.2) is 49.0 Å². The molecular weight excluding hydrogens is 693 g/mol. The van der Waals surface area contributed by atoms with Gasteiger partial charge < -0.3 is 0 Å². The number of hydrogen-bond acceptors (Lipinski definition) is 8. The van der Waals surface area contributed by atoms with Gasteiger partial charge in [-0.2, -0.15) is 19.9 Å². The van der Waals surface area contributed by atoms with Crippen LogP contribution in [-0.2, 0) is 0 Å². The van der Waals surface area contributed by atoms with Crippen molar-refractivity contribution in [1.29, 1.82) is 0 Å². The fraction of sp³-hybridized carbons (Fsp3) is 0.0435. The molecule has 0 saturated carbocycles. The molecule has 11 rings (SSSR count). The molecule has 0 spiro atoms. The summed E-state index contributed by atoms with van der Waals surface area (Å²) in [5.41, 5.74) is 8.41. The molecule has 56 heavy (non-hydrogen) atoms. The first-order valence-electron chi connectivity index (χ1n) is 18.5. The maximum Gasteiger partial charge on any atom is 0.238 e. The molecule has 0 unspecified atom stereocenters. The van der Waals surface area contributed by atoms with E-state index in [0.29, 0.717) is 40.7 Å². The third-order valence-corrected chi connectivity index (χ3v) is 10.2. The van der Waals surface area contributed by atoms with E-state index in [4.69, 9.17) is 39.9 Å². The van der Waals surface area contributed by atoms with Crippen molar-refractivity contribution in [3.8, 4) is 46.1 Å². The summed E-state index contributed by atoms with van der Waals surface area (Å²) in [5.74, 6) is 3.23. The van der Waals surface area contributed by atoms with Gasteiger partial charge in [0.15, 0.2) is 23.3 Å². The van der Waals surface area contributed by atoms with E-state index >= 15 is 0 Å². The summed E-state index contributed by atoms with van der Waals surface area (Å²) < 4.78 is 4.20. The van der Waals surface area contributed by atoms with Crippen LogP contribution < -0.4 is 0 Å². The summed E-state index contributed by atoms with van der Waals surface area (Å²) in [4.78, 5) is 40.8. The standard InChI is InChI=1S/C46H30N10/c1-5-16-29(17-6-1)41-49-42(30-18-7-2-8-19-30)52-45(51-41)55-35-25-14-13-24-33(35)34-28-48-38-37-36(26-15-27-47-37)56(40(38)39(34)55)46-53-43(31-20-9-3-10-21-31)50-44(54-46)32-22-11-4-12-23-32/h1,3-7,9-28H,2,8H2. The predicted molar refractivity (Wildman–Crippen MR) is 220 cm³/mol. The van der Waals surface area contributed by atoms with E-state index in [9.17, 15) is 0 Å². The van der Waals surface area contributed by atoms with Crippen molar-refractivity contribution < 1.29 is 0 Å². The van der Waals surface area contributed by atoms with Gasteiger partial charge in [0, 0.05) is 45.4 Å². The normalized spacial score (nSPS) is 12.9. The zero-order valence-corrected chi connectivity index (χ0v) is 29.9. The Labute approximate surface area is 320 Å². The number of para-hydroxylation sites is 1. The Balaban J connectivity index is 1.28. The smallest absolute Gasteiger partial charge is 0.238 e. The van der Waals surface area contributed by atoms with Gasteiger partial charge in [-0.05, 0) is 31.0 Å². The van der Waals surface area contributed by atoms with Crippen molar-refractivity contribution in [2.24, 2.45) is 0 Å². The Bertz CT molecular complexity index is 3130. The second-order valence-electron chi connectivity index (χ2n) is 13.6. The lowest BCUT2D eigenvalue weighted by Crippen LogP contribution is -2.10. The summed E-state index contributed by atoms with van der Waals surface area (Å²) in [7, 11) is 0. The van der Waals surface area contributed by atoms with Gasteiger partial charge >= 0.3 is 0 Å². The third kappa shape index (κ3) is 5.18. The van der Waals surface area contributed by atoms with E-state index in [1.807, 2.05) is 121 Å². The van der Waals surface area contributed by atoms with Gasteiger partial charge in [-0.1, -0.05) is 127 Å². The summed E-state index contributed by atoms with van der Waals surface area (Å²) in [6.45, 7) is 0. The highest BCUT2D eigenvalue weighted by atomic mass is 15.2. The maximum atomic E-state index is 5.23. The van der Waals surface area contributed by atoms with E-state index in [1.165, 1.54) is 0 Å². The zero-order chi connectivity index (χ0) is 37.0. The fourth-order valence-electron chi connectivity index (χ4n) is 7.60. The highest BCUT2D eigenvalue weighted by molar-refractivity contribution is 6.21. The first kappa shape index (κ1) is 31.8. The van der Waals surface area contributed by atoms with Crippen molar-refractivity contribution in [2.75, 3.05) is 0 Å². The number of benzene rings is 4. The van der Waals surface area contributed by atoms with Crippen molar-refractivity contribution in [2.45, 2.75) is 12.8 Å². The molecule has 10 nitrogen and oxygen atoms in total. The summed E-state index contributed by atoms with van der Waals surface area (Å²) in [5, 5.41) is 1.94. The molecule has 1 aliphatic rings. The maximum absolute atomic E-state index is 5.23. The number of nitrogens with zero attached hydrogens (tertiary/aromatic N) is 10. The molecule has 0 atom stereocenters. The fourth-order valence-corrected chi connectivity index (χ4v) is 7.60. The van der Waals surface area contributed by atoms with Crippen LogP contribution in [0.1, 0.15) is 18.7 Å². The van der Waals surface area contributed by atoms with Gasteiger partial charge in [0.2, 0.25) is 11.9 Å². The first-order valence-corrected chi connectivity index (χ1v) is 18.5. The minimum atomic E-state index is 0.440. The topological polar surface area (TPSA) is 113 Å². The van der Waals surface area contributed by atoms with Gasteiger partial charge in [0.25, 0.3) is 0 Å². The van der Waals surface area contributed by atoms with E-state index in [0.717, 1.165) is 73.5 Å². The molecule has 10 aromatic rings. The van der Waals surface area contributed by atoms with Crippen LogP contribution in [0.3, 0.4) is 0 Å². The van der Waals surface area contributed by atoms with Gasteiger partial charge in [-0.3, -0.25) is 19.1 Å². The number of rotatable bonds is 6. The van der Waals surface area contributed by atoms with Crippen molar-refractivity contribution in [3.05, 3.63) is 164 Å². The molecule has 1 aliphatic carbocycles. The number of aromatic nitrogens is 10. The monoisotopic (exact) mass is 722 g/mol. The van der Waals surface area contributed by atoms with Crippen LogP contribution in [0.5, 0.6) is 0 Å². The average Bonchev–Trinajstić information content (AvgIpc) is 3.81. The molecule has 0 radical (unpaired) electrons. The minimum absolute atomic E-state index is 0.440. The van der Waals surface area contributed by atoms with Gasteiger partial charge in [-0.25, -0.2) is 9.97 Å². The van der Waals surface area contributed by atoms with Gasteiger partial charge in [0.05, 0.1) is 16.6 Å². The largest absolute Gasteiger partial charge is 0.276 e. The molecule has 0 amide bonds. The Kier molecular flexibility index (Phi) is 7.37. The summed E-state index contributed by atoms with van der Waals surface area (Å²) >= 11 is 0. The number of fused-ring (bicyclic) bond motifs is 7. The van der Waals surface area contributed by atoms with Gasteiger partial charge in [0.1, 0.15) is 16.6 Å². The SMILES string of the molecule is C1=CC(c2nc(-c3ccccc3)nc(-n3c4ccccc4c4cnc5c6ncccc6n(-c6nc(-c7ccccc7)nc(-c7ccccc7)n6)c5c43)n2)=CCC1. The molecule has 264 valence electrons. The van der Waals surface area contributed by atoms with Crippen LogP contribution in [0.2, 0.25) is 0 Å². The minimum Gasteiger partial charge on any atom is -0.276 e. The molecule has 0 saturated heterocycles. The third-order valence-electron chi connectivity index (χ3n) is 10.2. The molecule has 6 aromatic heterocycles. The van der Waals surface area contributed by atoms with Crippen molar-refractivity contribution >= 4 is 49.4 Å². The average molecular weight is 723 g/mol. The molecule has 0 bridgehead atoms. The number of pyridine rings is 2. The Hall–Kier alpha value is -7.72. The Morgan fingerprint density at radius 1 is 0.429 bits per heavy atom. The number of hydrogen-bond donors (Lipinski definition) is 0. The van der Waals surface area contributed by atoms with Gasteiger partial charge in [-0.15, -0.1) is 0 Å². The number of allylic oxidation sites excluding steroid dienone is 4. The lowest BCUT2D eigenvalue weighted by atomic mass is 10.1. The van der Waals surface area contributed by atoms with Crippen LogP contribution in [0.25, 0.3) is 95.5 Å². The first-order chi connectivity index (χ1) is 27.8. The molecule has 0 fully saturated rings. The Morgan fingerprint density at radius 2 is 0.982 bits per heavy atom. The molecule has 6 heterocycles. The quantitative estimate of drug-likeness (QED) is 0.167. The van der Waals surface area contributed by atoms with E-state index in [-0.39, 0.29) is 0 Å². The van der Waals surface area contributed by atoms with Crippen LogP contribution in [0.4, 0.5) is 0 Å². The Morgan fingerprint density at radius 3 is 1.61 bits per heavy atom. The van der Waals surface area contributed by atoms with Crippen LogP contribution in [0, 0.1) is 0 Å². The van der Waals surface area contributed by atoms with E-state index < -0.39 is 0 Å². The molecular formula is C46H30N10. The van der Waals surface area contributed by atoms with E-state index in [1.54, 1.807) is 6.20 Å². The lowest BCUT2D eigenvalue weighted by molar-refractivity contribution is 0.923. The van der Waals surface area contributed by atoms with Crippen LogP contribution in [0.15, 0.2) is 158 Å². The van der Waals surface area contributed by atoms with E-state index in [2.05, 4.69) is 39.5 Å². The van der Waals surface area contributed by atoms with Crippen molar-refractivity contribution in [1.82, 2.24) is 49.0 Å². The summed E-state index contributed by atoms with van der Waals surface area (Å²) in [6, 6.07) is 42.3. The van der Waals surface area contributed by atoms with Crippen LogP contribution >= 0.6 is 0 Å². The zero-order valence-electron chi connectivity index (χ0n) is 29.9. The predicted octanol–water partition coefficient (Wildman–Crippen LogP) is 9.78. The highest BCUT2D eigenvalue weighted by Gasteiger charge is 2.26. The molecule has 0 N–H and O–H groups in total. The second-order valence-corrected chi connectivity index (χ2v) is 13.6.